The van der Waals surface area contributed by atoms with Gasteiger partial charge in [-0.2, -0.15) is 0 Å². The molecule has 0 fully saturated rings. The van der Waals surface area contributed by atoms with Gasteiger partial charge in [0.15, 0.2) is 17.4 Å². The van der Waals surface area contributed by atoms with Crippen LogP contribution in [0.25, 0.3) is 0 Å². The summed E-state index contributed by atoms with van der Waals surface area (Å²) in [6, 6.07) is 3.06. The SMILES string of the molecule is CCN(CC(=O)NC(C)C)CC(=O)c1ccc(F)c(F)c1. The lowest BCUT2D eigenvalue weighted by atomic mass is 10.1. The van der Waals surface area contributed by atoms with Crippen LogP contribution >= 0.6 is 0 Å². The molecule has 1 rings (SSSR count). The first kappa shape index (κ1) is 17.2. The van der Waals surface area contributed by atoms with Crippen LogP contribution in [0.4, 0.5) is 8.78 Å². The number of benzene rings is 1. The molecule has 0 bridgehead atoms. The first-order valence-corrected chi connectivity index (χ1v) is 6.83. The molecular weight excluding hydrogens is 278 g/mol. The number of ketones is 1. The van der Waals surface area contributed by atoms with Crippen LogP contribution in [0.5, 0.6) is 0 Å². The zero-order valence-corrected chi connectivity index (χ0v) is 12.5. The number of Topliss-reactive ketones (excluding diaryl/α,β-unsaturated/α-hetero) is 1. The number of hydrogen-bond donors (Lipinski definition) is 1. The number of hydrogen-bond acceptors (Lipinski definition) is 3. The topological polar surface area (TPSA) is 49.4 Å². The Hall–Kier alpha value is -1.82. The third-order valence-electron chi connectivity index (χ3n) is 2.87. The molecule has 1 amide bonds. The van der Waals surface area contributed by atoms with Gasteiger partial charge >= 0.3 is 0 Å². The van der Waals surface area contributed by atoms with Gasteiger partial charge in [-0.15, -0.1) is 0 Å². The molecule has 0 aliphatic carbocycles. The Bertz CT molecular complexity index is 518. The molecule has 6 heteroatoms. The summed E-state index contributed by atoms with van der Waals surface area (Å²) in [4.78, 5) is 25.3. The standard InChI is InChI=1S/C15H20F2N2O2/c1-4-19(9-15(21)18-10(2)3)8-14(20)11-5-6-12(16)13(17)7-11/h5-7,10H,4,8-9H2,1-3H3,(H,18,21). The van der Waals surface area contributed by atoms with Crippen LogP contribution in [0.3, 0.4) is 0 Å². The second-order valence-corrected chi connectivity index (χ2v) is 5.08. The van der Waals surface area contributed by atoms with Crippen molar-refractivity contribution in [3.63, 3.8) is 0 Å². The highest BCUT2D eigenvalue weighted by atomic mass is 19.2. The van der Waals surface area contributed by atoms with Crippen LogP contribution in [-0.2, 0) is 4.79 Å². The van der Waals surface area contributed by atoms with E-state index in [9.17, 15) is 18.4 Å². The number of rotatable bonds is 7. The largest absolute Gasteiger partial charge is 0.353 e. The highest BCUT2D eigenvalue weighted by Gasteiger charge is 2.16. The molecule has 21 heavy (non-hydrogen) atoms. The summed E-state index contributed by atoms with van der Waals surface area (Å²) in [5.41, 5.74) is 0.0941. The molecule has 0 saturated heterocycles. The van der Waals surface area contributed by atoms with Gasteiger partial charge in [0.05, 0.1) is 13.1 Å². The van der Waals surface area contributed by atoms with E-state index in [1.165, 1.54) is 6.07 Å². The lowest BCUT2D eigenvalue weighted by Crippen LogP contribution is -2.41. The normalized spacial score (nSPS) is 11.0. The van der Waals surface area contributed by atoms with Gasteiger partial charge in [0.1, 0.15) is 0 Å². The van der Waals surface area contributed by atoms with Gasteiger partial charge in [-0.05, 0) is 38.6 Å². The third kappa shape index (κ3) is 5.59. The van der Waals surface area contributed by atoms with E-state index < -0.39 is 11.6 Å². The van der Waals surface area contributed by atoms with Crippen molar-refractivity contribution >= 4 is 11.7 Å². The predicted octanol–water partition coefficient (Wildman–Crippen LogP) is 1.99. The summed E-state index contributed by atoms with van der Waals surface area (Å²) in [5, 5.41) is 2.74. The number of nitrogens with one attached hydrogen (secondary N) is 1. The van der Waals surface area contributed by atoms with Crippen LogP contribution < -0.4 is 5.32 Å². The van der Waals surface area contributed by atoms with E-state index in [0.717, 1.165) is 12.1 Å². The van der Waals surface area contributed by atoms with Crippen molar-refractivity contribution < 1.29 is 18.4 Å². The van der Waals surface area contributed by atoms with E-state index in [4.69, 9.17) is 0 Å². The molecule has 0 spiro atoms. The Labute approximate surface area is 123 Å². The zero-order chi connectivity index (χ0) is 16.0. The highest BCUT2D eigenvalue weighted by Crippen LogP contribution is 2.10. The lowest BCUT2D eigenvalue weighted by molar-refractivity contribution is -0.122. The van der Waals surface area contributed by atoms with Crippen molar-refractivity contribution in [1.82, 2.24) is 10.2 Å². The van der Waals surface area contributed by atoms with Gasteiger partial charge in [0.25, 0.3) is 0 Å². The van der Waals surface area contributed by atoms with Crippen molar-refractivity contribution in [3.8, 4) is 0 Å². The number of nitrogens with zero attached hydrogens (tertiary/aromatic N) is 1. The number of amides is 1. The maximum absolute atomic E-state index is 13.1. The minimum atomic E-state index is -1.05. The van der Waals surface area contributed by atoms with Crippen LogP contribution in [-0.4, -0.2) is 42.3 Å². The van der Waals surface area contributed by atoms with Gasteiger partial charge in [-0.1, -0.05) is 6.92 Å². The van der Waals surface area contributed by atoms with E-state index in [1.807, 2.05) is 20.8 Å². The first-order valence-electron chi connectivity index (χ1n) is 6.83. The fourth-order valence-electron chi connectivity index (χ4n) is 1.81. The summed E-state index contributed by atoms with van der Waals surface area (Å²) >= 11 is 0. The van der Waals surface area contributed by atoms with Crippen LogP contribution in [0.15, 0.2) is 18.2 Å². The summed E-state index contributed by atoms with van der Waals surface area (Å²) < 4.78 is 25.9. The minimum absolute atomic E-state index is 0.0207. The summed E-state index contributed by atoms with van der Waals surface area (Å²) in [5.74, 6) is -2.57. The average molecular weight is 298 g/mol. The quantitative estimate of drug-likeness (QED) is 0.783. The summed E-state index contributed by atoms with van der Waals surface area (Å²) in [6.07, 6.45) is 0. The molecular formula is C15H20F2N2O2. The molecule has 0 heterocycles. The van der Waals surface area contributed by atoms with E-state index in [1.54, 1.807) is 4.90 Å². The van der Waals surface area contributed by atoms with Gasteiger partial charge in [-0.25, -0.2) is 8.78 Å². The molecule has 0 aliphatic heterocycles. The molecule has 0 saturated carbocycles. The molecule has 0 unspecified atom stereocenters. The Morgan fingerprint density at radius 3 is 2.38 bits per heavy atom. The van der Waals surface area contributed by atoms with Crippen molar-refractivity contribution in [2.24, 2.45) is 0 Å². The van der Waals surface area contributed by atoms with E-state index in [2.05, 4.69) is 5.32 Å². The van der Waals surface area contributed by atoms with Gasteiger partial charge in [0.2, 0.25) is 5.91 Å². The Morgan fingerprint density at radius 1 is 1.19 bits per heavy atom. The second kappa shape index (κ2) is 7.83. The van der Waals surface area contributed by atoms with Crippen molar-refractivity contribution in [2.45, 2.75) is 26.8 Å². The van der Waals surface area contributed by atoms with Gasteiger partial charge in [0, 0.05) is 11.6 Å². The number of halogens is 2. The summed E-state index contributed by atoms with van der Waals surface area (Å²) in [7, 11) is 0. The average Bonchev–Trinajstić information content (AvgIpc) is 2.39. The van der Waals surface area contributed by atoms with Crippen LogP contribution in [0, 0.1) is 11.6 Å². The number of carbonyl (C=O) groups is 2. The smallest absolute Gasteiger partial charge is 0.234 e. The lowest BCUT2D eigenvalue weighted by Gasteiger charge is -2.20. The maximum atomic E-state index is 13.1. The first-order chi connectivity index (χ1) is 9.83. The van der Waals surface area contributed by atoms with Crippen LogP contribution in [0.2, 0.25) is 0 Å². The third-order valence-corrected chi connectivity index (χ3v) is 2.87. The Morgan fingerprint density at radius 2 is 1.86 bits per heavy atom. The molecule has 0 atom stereocenters. The molecule has 0 aromatic heterocycles. The number of likely N-dealkylation sites (N-methyl/N-ethyl adjacent to an activating group) is 1. The molecule has 0 aliphatic rings. The molecule has 1 aromatic carbocycles. The van der Waals surface area contributed by atoms with Crippen molar-refractivity contribution in [1.29, 1.82) is 0 Å². The van der Waals surface area contributed by atoms with Crippen LogP contribution in [0.1, 0.15) is 31.1 Å². The fourth-order valence-corrected chi connectivity index (χ4v) is 1.81. The predicted molar refractivity (Wildman–Crippen MR) is 76.1 cm³/mol. The molecule has 4 nitrogen and oxygen atoms in total. The summed E-state index contributed by atoms with van der Waals surface area (Å²) in [6.45, 7) is 6.08. The van der Waals surface area contributed by atoms with E-state index >= 15 is 0 Å². The zero-order valence-electron chi connectivity index (χ0n) is 12.5. The number of carbonyl (C=O) groups excluding carboxylic acids is 2. The van der Waals surface area contributed by atoms with E-state index in [-0.39, 0.29) is 36.4 Å². The Kier molecular flexibility index (Phi) is 6.42. The van der Waals surface area contributed by atoms with E-state index in [0.29, 0.717) is 6.54 Å². The van der Waals surface area contributed by atoms with Crippen molar-refractivity contribution in [3.05, 3.63) is 35.4 Å². The fraction of sp³-hybridized carbons (Fsp3) is 0.467. The van der Waals surface area contributed by atoms with Crippen molar-refractivity contribution in [2.75, 3.05) is 19.6 Å². The maximum Gasteiger partial charge on any atom is 0.234 e. The highest BCUT2D eigenvalue weighted by molar-refractivity contribution is 5.97. The Balaban J connectivity index is 2.65. The molecule has 1 aromatic rings. The van der Waals surface area contributed by atoms with Gasteiger partial charge < -0.3 is 5.32 Å². The second-order valence-electron chi connectivity index (χ2n) is 5.08. The van der Waals surface area contributed by atoms with Gasteiger partial charge in [-0.3, -0.25) is 14.5 Å². The molecule has 116 valence electrons. The molecule has 0 radical (unpaired) electrons. The monoisotopic (exact) mass is 298 g/mol. The molecule has 1 N–H and O–H groups in total. The minimum Gasteiger partial charge on any atom is -0.353 e.